The van der Waals surface area contributed by atoms with Crippen LogP contribution < -0.4 is 15.2 Å². The van der Waals surface area contributed by atoms with E-state index in [1.807, 2.05) is 0 Å². The van der Waals surface area contributed by atoms with Crippen molar-refractivity contribution in [2.75, 3.05) is 11.8 Å². The summed E-state index contributed by atoms with van der Waals surface area (Å²) >= 11 is 5.97. The minimum Gasteiger partial charge on any atom is -0.497 e. The fraction of sp³-hybridized carbons (Fsp3) is 0.167. The van der Waals surface area contributed by atoms with Crippen LogP contribution >= 0.6 is 11.6 Å². The predicted octanol–water partition coefficient (Wildman–Crippen LogP) is 1.94. The average Bonchev–Trinajstić information content (AvgIpc) is 2.91. The highest BCUT2D eigenvalue weighted by Gasteiger charge is 2.17. The lowest BCUT2D eigenvalue weighted by Crippen LogP contribution is -2.12. The molecule has 0 atom stereocenters. The molecule has 2 rings (SSSR count). The van der Waals surface area contributed by atoms with E-state index in [2.05, 4.69) is 9.71 Å². The standard InChI is InChI=1S/C12H14ClN3O3S/c1-19-9-2-3-11(13)12(5-9)16-20(17,18)10-4-8(6-14)15-7-10/h2-5,7,15-16H,6,14H2,1H3. The minimum atomic E-state index is -3.73. The van der Waals surface area contributed by atoms with Crippen LogP contribution in [0.3, 0.4) is 0 Å². The molecular formula is C12H14ClN3O3S. The molecule has 0 aliphatic rings. The van der Waals surface area contributed by atoms with Crippen LogP contribution in [0.15, 0.2) is 35.4 Å². The molecule has 0 amide bonds. The van der Waals surface area contributed by atoms with Crippen LogP contribution in [0.4, 0.5) is 5.69 Å². The third-order valence-corrected chi connectivity index (χ3v) is 4.34. The molecule has 0 unspecified atom stereocenters. The number of H-pyrrole nitrogens is 1. The van der Waals surface area contributed by atoms with Crippen LogP contribution in [0, 0.1) is 0 Å². The summed E-state index contributed by atoms with van der Waals surface area (Å²) in [4.78, 5) is 2.88. The van der Waals surface area contributed by atoms with Gasteiger partial charge in [0, 0.05) is 24.5 Å². The predicted molar refractivity (Wildman–Crippen MR) is 77.5 cm³/mol. The number of aromatic amines is 1. The molecular weight excluding hydrogens is 302 g/mol. The first-order valence-electron chi connectivity index (χ1n) is 5.70. The van der Waals surface area contributed by atoms with Gasteiger partial charge in [-0.3, -0.25) is 4.72 Å². The second-order valence-corrected chi connectivity index (χ2v) is 6.11. The van der Waals surface area contributed by atoms with Gasteiger partial charge in [-0.2, -0.15) is 0 Å². The van der Waals surface area contributed by atoms with E-state index in [1.165, 1.54) is 25.4 Å². The van der Waals surface area contributed by atoms with Crippen LogP contribution in [0.2, 0.25) is 5.02 Å². The average molecular weight is 316 g/mol. The molecule has 0 saturated carbocycles. The van der Waals surface area contributed by atoms with Gasteiger partial charge in [0.15, 0.2) is 0 Å². The molecule has 0 fully saturated rings. The first kappa shape index (κ1) is 14.7. The molecule has 6 nitrogen and oxygen atoms in total. The van der Waals surface area contributed by atoms with Crippen molar-refractivity contribution >= 4 is 27.3 Å². The van der Waals surface area contributed by atoms with E-state index in [4.69, 9.17) is 22.1 Å². The van der Waals surface area contributed by atoms with Gasteiger partial charge in [-0.05, 0) is 18.2 Å². The van der Waals surface area contributed by atoms with Gasteiger partial charge in [0.1, 0.15) is 10.6 Å². The van der Waals surface area contributed by atoms with Gasteiger partial charge in [-0.1, -0.05) is 11.6 Å². The number of aromatic nitrogens is 1. The number of benzene rings is 1. The number of hydrogen-bond acceptors (Lipinski definition) is 4. The van der Waals surface area contributed by atoms with E-state index in [-0.39, 0.29) is 22.2 Å². The van der Waals surface area contributed by atoms with Crippen molar-refractivity contribution in [3.63, 3.8) is 0 Å². The third kappa shape index (κ3) is 3.06. The van der Waals surface area contributed by atoms with Crippen molar-refractivity contribution < 1.29 is 13.2 Å². The molecule has 8 heteroatoms. The van der Waals surface area contributed by atoms with Gasteiger partial charge in [0.25, 0.3) is 10.0 Å². The van der Waals surface area contributed by atoms with Crippen molar-refractivity contribution in [1.29, 1.82) is 0 Å². The number of halogens is 1. The maximum atomic E-state index is 12.2. The van der Waals surface area contributed by atoms with Crippen LogP contribution in [-0.2, 0) is 16.6 Å². The Kier molecular flexibility index (Phi) is 4.22. The first-order valence-corrected chi connectivity index (χ1v) is 7.56. The zero-order valence-electron chi connectivity index (χ0n) is 10.7. The Morgan fingerprint density at radius 2 is 2.15 bits per heavy atom. The number of nitrogens with one attached hydrogen (secondary N) is 2. The summed E-state index contributed by atoms with van der Waals surface area (Å²) in [5, 5.41) is 0.281. The number of anilines is 1. The van der Waals surface area contributed by atoms with Gasteiger partial charge in [0.2, 0.25) is 0 Å². The van der Waals surface area contributed by atoms with Gasteiger partial charge >= 0.3 is 0 Å². The summed E-state index contributed by atoms with van der Waals surface area (Å²) in [7, 11) is -2.24. The zero-order chi connectivity index (χ0) is 14.8. The van der Waals surface area contributed by atoms with Crippen molar-refractivity contribution in [3.8, 4) is 5.75 Å². The van der Waals surface area contributed by atoms with E-state index >= 15 is 0 Å². The number of hydrogen-bond donors (Lipinski definition) is 3. The fourth-order valence-electron chi connectivity index (χ4n) is 1.61. The van der Waals surface area contributed by atoms with Gasteiger partial charge < -0.3 is 15.5 Å². The molecule has 0 radical (unpaired) electrons. The van der Waals surface area contributed by atoms with Crippen LogP contribution in [0.25, 0.3) is 0 Å². The lowest BCUT2D eigenvalue weighted by Gasteiger charge is -2.09. The maximum Gasteiger partial charge on any atom is 0.263 e. The van der Waals surface area contributed by atoms with Crippen LogP contribution in [0.1, 0.15) is 5.69 Å². The smallest absolute Gasteiger partial charge is 0.263 e. The van der Waals surface area contributed by atoms with Crippen molar-refractivity contribution in [1.82, 2.24) is 4.98 Å². The van der Waals surface area contributed by atoms with Crippen LogP contribution in [-0.4, -0.2) is 20.5 Å². The number of rotatable bonds is 5. The highest BCUT2D eigenvalue weighted by atomic mass is 35.5. The summed E-state index contributed by atoms with van der Waals surface area (Å²) < 4.78 is 31.9. The number of nitrogens with two attached hydrogens (primary N) is 1. The second-order valence-electron chi connectivity index (χ2n) is 4.02. The van der Waals surface area contributed by atoms with Crippen molar-refractivity contribution in [3.05, 3.63) is 41.2 Å². The normalized spacial score (nSPS) is 11.3. The molecule has 0 saturated heterocycles. The van der Waals surface area contributed by atoms with Gasteiger partial charge in [-0.15, -0.1) is 0 Å². The molecule has 108 valence electrons. The Morgan fingerprint density at radius 3 is 2.75 bits per heavy atom. The van der Waals surface area contributed by atoms with E-state index in [0.717, 1.165) is 0 Å². The summed E-state index contributed by atoms with van der Waals surface area (Å²) in [6.07, 6.45) is 1.37. The minimum absolute atomic E-state index is 0.0943. The molecule has 1 heterocycles. The molecule has 0 bridgehead atoms. The lowest BCUT2D eigenvalue weighted by molar-refractivity contribution is 0.415. The summed E-state index contributed by atoms with van der Waals surface area (Å²) in [5.41, 5.74) is 6.32. The topological polar surface area (TPSA) is 97.2 Å². The Hall–Kier alpha value is -1.70. The Labute approximate surface area is 121 Å². The number of methoxy groups -OCH3 is 1. The van der Waals surface area contributed by atoms with Crippen LogP contribution in [0.5, 0.6) is 5.75 Å². The molecule has 20 heavy (non-hydrogen) atoms. The Morgan fingerprint density at radius 1 is 1.40 bits per heavy atom. The quantitative estimate of drug-likeness (QED) is 0.785. The molecule has 1 aromatic heterocycles. The largest absolute Gasteiger partial charge is 0.497 e. The summed E-state index contributed by atoms with van der Waals surface area (Å²) in [6, 6.07) is 6.18. The zero-order valence-corrected chi connectivity index (χ0v) is 12.3. The van der Waals surface area contributed by atoms with E-state index in [0.29, 0.717) is 11.4 Å². The third-order valence-electron chi connectivity index (χ3n) is 2.66. The summed E-state index contributed by atoms with van der Waals surface area (Å²) in [6.45, 7) is 0.232. The molecule has 0 aliphatic carbocycles. The Balaban J connectivity index is 2.32. The molecule has 4 N–H and O–H groups in total. The van der Waals surface area contributed by atoms with E-state index in [1.54, 1.807) is 12.1 Å². The van der Waals surface area contributed by atoms with E-state index in [9.17, 15) is 8.42 Å². The molecule has 0 spiro atoms. The van der Waals surface area contributed by atoms with Gasteiger partial charge in [0.05, 0.1) is 17.8 Å². The van der Waals surface area contributed by atoms with E-state index < -0.39 is 10.0 Å². The SMILES string of the molecule is COc1ccc(Cl)c(NS(=O)(=O)c2c[nH]c(CN)c2)c1. The second kappa shape index (κ2) is 5.74. The van der Waals surface area contributed by atoms with Crippen molar-refractivity contribution in [2.24, 2.45) is 5.73 Å². The lowest BCUT2D eigenvalue weighted by atomic mass is 10.3. The molecule has 2 aromatic rings. The maximum absolute atomic E-state index is 12.2. The van der Waals surface area contributed by atoms with Gasteiger partial charge in [-0.25, -0.2) is 8.42 Å². The number of ether oxygens (including phenoxy) is 1. The number of sulfonamides is 1. The van der Waals surface area contributed by atoms with Crippen molar-refractivity contribution in [2.45, 2.75) is 11.4 Å². The summed E-state index contributed by atoms with van der Waals surface area (Å²) in [5.74, 6) is 0.504. The highest BCUT2D eigenvalue weighted by Crippen LogP contribution is 2.28. The molecule has 0 aliphatic heterocycles. The fourth-order valence-corrected chi connectivity index (χ4v) is 2.91. The highest BCUT2D eigenvalue weighted by molar-refractivity contribution is 7.92. The molecule has 1 aromatic carbocycles. The Bertz CT molecular complexity index is 712. The first-order chi connectivity index (χ1) is 9.46. The monoisotopic (exact) mass is 315 g/mol.